The molecule has 1 aromatic carbocycles. The molecular formula is C17H13N3O2. The van der Waals surface area contributed by atoms with Crippen LogP contribution in [0, 0.1) is 18.3 Å². The first-order valence-corrected chi connectivity index (χ1v) is 6.80. The Morgan fingerprint density at radius 1 is 1.36 bits per heavy atom. The van der Waals surface area contributed by atoms with Crippen LogP contribution in [-0.2, 0) is 4.79 Å². The molecule has 1 atom stereocenters. The monoisotopic (exact) mass is 291 g/mol. The second-order valence-corrected chi connectivity index (χ2v) is 4.89. The standard InChI is InChI=1S/C17H13N3O2/c1-11-6-7-12(22-11)8-9-16(21)13(10-18)17-19-14-4-2-3-5-15(14)20-17/h2-9,13H,1H3,(H,19,20)/b9-8+. The van der Waals surface area contributed by atoms with E-state index in [1.807, 2.05) is 43.3 Å². The Hall–Kier alpha value is -3.13. The Bertz CT molecular complexity index is 863. The number of carbonyl (C=O) groups excluding carboxylic acids is 1. The molecule has 0 aliphatic rings. The maximum atomic E-state index is 12.2. The molecule has 5 heteroatoms. The molecule has 0 spiro atoms. The van der Waals surface area contributed by atoms with Crippen LogP contribution >= 0.6 is 0 Å². The number of aromatic nitrogens is 2. The lowest BCUT2D eigenvalue weighted by Gasteiger charge is -2.00. The molecule has 2 heterocycles. The number of para-hydroxylation sites is 2. The maximum Gasteiger partial charge on any atom is 0.180 e. The third kappa shape index (κ3) is 2.67. The van der Waals surface area contributed by atoms with Crippen LogP contribution in [-0.4, -0.2) is 15.8 Å². The van der Waals surface area contributed by atoms with Crippen LogP contribution in [0.25, 0.3) is 17.1 Å². The van der Waals surface area contributed by atoms with E-state index in [4.69, 9.17) is 4.42 Å². The Morgan fingerprint density at radius 3 is 2.86 bits per heavy atom. The van der Waals surface area contributed by atoms with E-state index in [1.54, 1.807) is 12.1 Å². The molecule has 3 rings (SSSR count). The second kappa shape index (κ2) is 5.70. The van der Waals surface area contributed by atoms with Crippen molar-refractivity contribution in [1.29, 1.82) is 5.26 Å². The molecule has 0 bridgehead atoms. The summed E-state index contributed by atoms with van der Waals surface area (Å²) in [6.07, 6.45) is 2.90. The Morgan fingerprint density at radius 2 is 2.18 bits per heavy atom. The zero-order valence-electron chi connectivity index (χ0n) is 11.9. The molecule has 1 N–H and O–H groups in total. The summed E-state index contributed by atoms with van der Waals surface area (Å²) in [5.41, 5.74) is 1.53. The summed E-state index contributed by atoms with van der Waals surface area (Å²) in [6.45, 7) is 1.83. The molecule has 2 aromatic heterocycles. The number of carbonyl (C=O) groups is 1. The fourth-order valence-electron chi connectivity index (χ4n) is 2.17. The number of aromatic amines is 1. The van der Waals surface area contributed by atoms with E-state index in [0.29, 0.717) is 11.6 Å². The molecule has 0 saturated carbocycles. The van der Waals surface area contributed by atoms with Crippen molar-refractivity contribution in [2.75, 3.05) is 0 Å². The highest BCUT2D eigenvalue weighted by molar-refractivity contribution is 6.00. The van der Waals surface area contributed by atoms with Gasteiger partial charge < -0.3 is 9.40 Å². The zero-order valence-corrected chi connectivity index (χ0v) is 11.9. The molecule has 108 valence electrons. The van der Waals surface area contributed by atoms with Crippen molar-refractivity contribution in [3.63, 3.8) is 0 Å². The number of nitrogens with one attached hydrogen (secondary N) is 1. The summed E-state index contributed by atoms with van der Waals surface area (Å²) >= 11 is 0. The number of nitrogens with zero attached hydrogens (tertiary/aromatic N) is 2. The van der Waals surface area contributed by atoms with Gasteiger partial charge in [0.15, 0.2) is 11.7 Å². The van der Waals surface area contributed by atoms with E-state index in [2.05, 4.69) is 9.97 Å². The third-order valence-corrected chi connectivity index (χ3v) is 3.27. The number of hydrogen-bond donors (Lipinski definition) is 1. The first kappa shape index (κ1) is 13.8. The number of allylic oxidation sites excluding steroid dienone is 1. The number of hydrogen-bond acceptors (Lipinski definition) is 4. The number of aryl methyl sites for hydroxylation is 1. The summed E-state index contributed by atoms with van der Waals surface area (Å²) < 4.78 is 5.36. The number of H-pyrrole nitrogens is 1. The van der Waals surface area contributed by atoms with Gasteiger partial charge in [-0.3, -0.25) is 4.79 Å². The van der Waals surface area contributed by atoms with Crippen LogP contribution in [0.5, 0.6) is 0 Å². The normalized spacial score (nSPS) is 12.5. The van der Waals surface area contributed by atoms with E-state index in [1.165, 1.54) is 6.08 Å². The topological polar surface area (TPSA) is 82.7 Å². The van der Waals surface area contributed by atoms with E-state index < -0.39 is 5.92 Å². The summed E-state index contributed by atoms with van der Waals surface area (Å²) in [6, 6.07) is 13.0. The van der Waals surface area contributed by atoms with Crippen LogP contribution in [0.15, 0.2) is 46.9 Å². The molecule has 0 fully saturated rings. The first-order chi connectivity index (χ1) is 10.7. The quantitative estimate of drug-likeness (QED) is 0.747. The van der Waals surface area contributed by atoms with Gasteiger partial charge >= 0.3 is 0 Å². The van der Waals surface area contributed by atoms with Crippen LogP contribution in [0.2, 0.25) is 0 Å². The average molecular weight is 291 g/mol. The largest absolute Gasteiger partial charge is 0.462 e. The van der Waals surface area contributed by atoms with Crippen LogP contribution in [0.4, 0.5) is 0 Å². The molecule has 0 amide bonds. The lowest BCUT2D eigenvalue weighted by Crippen LogP contribution is -2.09. The Kier molecular flexibility index (Phi) is 3.58. The third-order valence-electron chi connectivity index (χ3n) is 3.27. The smallest absolute Gasteiger partial charge is 0.180 e. The molecule has 5 nitrogen and oxygen atoms in total. The van der Waals surface area contributed by atoms with Gasteiger partial charge in [-0.05, 0) is 43.3 Å². The van der Waals surface area contributed by atoms with Crippen LogP contribution in [0.3, 0.4) is 0 Å². The summed E-state index contributed by atoms with van der Waals surface area (Å²) in [5.74, 6) is 0.401. The molecule has 22 heavy (non-hydrogen) atoms. The summed E-state index contributed by atoms with van der Waals surface area (Å²) in [5, 5.41) is 9.29. The van der Waals surface area contributed by atoms with E-state index in [-0.39, 0.29) is 5.78 Å². The van der Waals surface area contributed by atoms with Crippen molar-refractivity contribution < 1.29 is 9.21 Å². The minimum absolute atomic E-state index is 0.337. The predicted molar refractivity (Wildman–Crippen MR) is 81.9 cm³/mol. The summed E-state index contributed by atoms with van der Waals surface area (Å²) in [7, 11) is 0. The molecule has 0 aliphatic carbocycles. The van der Waals surface area contributed by atoms with Crippen molar-refractivity contribution >= 4 is 22.9 Å². The number of imidazole rings is 1. The molecule has 0 aliphatic heterocycles. The van der Waals surface area contributed by atoms with Crippen LogP contribution in [0.1, 0.15) is 23.3 Å². The van der Waals surface area contributed by atoms with Crippen molar-refractivity contribution in [3.8, 4) is 6.07 Å². The second-order valence-electron chi connectivity index (χ2n) is 4.89. The number of ketones is 1. The lowest BCUT2D eigenvalue weighted by atomic mass is 10.0. The molecular weight excluding hydrogens is 278 g/mol. The van der Waals surface area contributed by atoms with E-state index in [9.17, 15) is 10.1 Å². The Labute approximate surface area is 126 Å². The SMILES string of the molecule is Cc1ccc(/C=C/C(=O)C(C#N)c2nc3ccccc3[nH]2)o1. The van der Waals surface area contributed by atoms with Gasteiger partial charge in [-0.25, -0.2) is 4.98 Å². The van der Waals surface area contributed by atoms with Crippen molar-refractivity contribution in [2.24, 2.45) is 0 Å². The molecule has 3 aromatic rings. The van der Waals surface area contributed by atoms with Gasteiger partial charge in [0.1, 0.15) is 17.3 Å². The van der Waals surface area contributed by atoms with Crippen molar-refractivity contribution in [1.82, 2.24) is 9.97 Å². The predicted octanol–water partition coefficient (Wildman–Crippen LogP) is 3.35. The highest BCUT2D eigenvalue weighted by Gasteiger charge is 2.21. The highest BCUT2D eigenvalue weighted by atomic mass is 16.3. The van der Waals surface area contributed by atoms with E-state index in [0.717, 1.165) is 16.8 Å². The Balaban J connectivity index is 1.85. The number of nitriles is 1. The fraction of sp³-hybridized carbons (Fsp3) is 0.118. The maximum absolute atomic E-state index is 12.2. The highest BCUT2D eigenvalue weighted by Crippen LogP contribution is 2.19. The van der Waals surface area contributed by atoms with Crippen molar-refractivity contribution in [2.45, 2.75) is 12.8 Å². The number of benzene rings is 1. The first-order valence-electron chi connectivity index (χ1n) is 6.80. The zero-order chi connectivity index (χ0) is 15.5. The van der Waals surface area contributed by atoms with Gasteiger partial charge in [0.2, 0.25) is 0 Å². The number of fused-ring (bicyclic) bond motifs is 1. The number of rotatable bonds is 4. The number of furan rings is 1. The van der Waals surface area contributed by atoms with Gasteiger partial charge in [-0.2, -0.15) is 5.26 Å². The lowest BCUT2D eigenvalue weighted by molar-refractivity contribution is -0.114. The van der Waals surface area contributed by atoms with Gasteiger partial charge in [-0.1, -0.05) is 12.1 Å². The average Bonchev–Trinajstić information content (AvgIpc) is 3.11. The minimum Gasteiger partial charge on any atom is -0.462 e. The van der Waals surface area contributed by atoms with Crippen molar-refractivity contribution in [3.05, 3.63) is 59.8 Å². The van der Waals surface area contributed by atoms with Gasteiger partial charge in [0.05, 0.1) is 17.1 Å². The van der Waals surface area contributed by atoms with Gasteiger partial charge in [0, 0.05) is 0 Å². The van der Waals surface area contributed by atoms with E-state index >= 15 is 0 Å². The molecule has 1 unspecified atom stereocenters. The molecule has 0 saturated heterocycles. The summed E-state index contributed by atoms with van der Waals surface area (Å²) in [4.78, 5) is 19.5. The van der Waals surface area contributed by atoms with Crippen LogP contribution < -0.4 is 0 Å². The molecule has 0 radical (unpaired) electrons. The fourth-order valence-corrected chi connectivity index (χ4v) is 2.17. The van der Waals surface area contributed by atoms with Gasteiger partial charge in [-0.15, -0.1) is 0 Å². The minimum atomic E-state index is -0.959. The van der Waals surface area contributed by atoms with Gasteiger partial charge in [0.25, 0.3) is 0 Å².